The number of primary amides is 1. The van der Waals surface area contributed by atoms with Crippen molar-refractivity contribution < 1.29 is 76.6 Å². The van der Waals surface area contributed by atoms with Gasteiger partial charge in [0.1, 0.15) is 78.7 Å². The Balaban J connectivity index is 1.10. The number of fused-ring (bicyclic) bond motifs is 6. The summed E-state index contributed by atoms with van der Waals surface area (Å²) in [6, 6.07) is 10.8. The molecule has 680 valence electrons. The highest BCUT2D eigenvalue weighted by atomic mass is 32.4. The lowest BCUT2D eigenvalue weighted by Crippen LogP contribution is -2.65. The van der Waals surface area contributed by atoms with Crippen molar-refractivity contribution in [1.82, 2.24) is 57.7 Å². The van der Waals surface area contributed by atoms with Crippen LogP contribution >= 0.6 is 12.1 Å². The van der Waals surface area contributed by atoms with E-state index >= 15 is 28.8 Å². The Morgan fingerprint density at radius 2 is 0.688 bits per heavy atom. The van der Waals surface area contributed by atoms with Crippen LogP contribution in [-0.2, 0) is 90.6 Å². The van der Waals surface area contributed by atoms with Gasteiger partial charge in [0.2, 0.25) is 59.1 Å². The predicted octanol–water partition coefficient (Wildman–Crippen LogP) is 11.0. The van der Waals surface area contributed by atoms with Gasteiger partial charge in [0.05, 0.1) is 0 Å². The van der Waals surface area contributed by atoms with Gasteiger partial charge in [0, 0.05) is 31.1 Å². The standard InChI is InChI=1S/C93H130N12O16P2S2/c1-54(2)78(101-81(109)57(5)100-89(117)93(12,13)102-82(110)58(6)95-61(9)106)85(113)97-56(4)80(108)98-60(8)86(114)105(91(119)121-51-75-72-48-32-28-44-68(72)69-45-29-33-49-73(69)75)77(53-123(125,64-38-22-16-23-39-64)65-40-24-17-25-41-65)87(115)104(90(118)120-50-74-70-46-30-26-42-66(70)67-43-27-31-47-71(67)74)76(52-122(124,62-34-18-14-19-35-62)63-36-20-15-21-37-63)84(112)96-59(7)83(111)103-92(10,11)88(116)99-55(3)79(94)107/h26-33,42-49,54-60,62-65,74-78H,14-25,34-41,50-53H2,1-13H3,(H2,94,107)(H,95,106)(H,96,112)(H,97,113)(H,98,108)(H,99,116)(H,100,117)(H,101,109)(H,102,110)(H,103,111)/t55-,56-,57-,58-,59-,60-,76-,77-,78-/m0/s1. The normalized spacial score (nSPS) is 18.2. The second-order valence-corrected chi connectivity index (χ2v) is 47.8. The van der Waals surface area contributed by atoms with Gasteiger partial charge in [-0.15, -0.1) is 0 Å². The first kappa shape index (κ1) is 97.9. The first-order valence-electron chi connectivity index (χ1n) is 44.8. The Morgan fingerprint density at radius 3 is 1.05 bits per heavy atom. The molecule has 6 aliphatic rings. The summed E-state index contributed by atoms with van der Waals surface area (Å²) in [5, 5.41) is 23.7. The quantitative estimate of drug-likeness (QED) is 0.0191. The maximum atomic E-state index is 18.3. The molecule has 4 aromatic rings. The maximum absolute atomic E-state index is 18.3. The lowest BCUT2D eigenvalue weighted by molar-refractivity contribution is -0.147. The number of ether oxygens (including phenoxy) is 2. The molecule has 0 aliphatic heterocycles. The largest absolute Gasteiger partial charge is 0.448 e. The molecule has 10 rings (SSSR count). The summed E-state index contributed by atoms with van der Waals surface area (Å²) in [5.74, 6) is -12.3. The van der Waals surface area contributed by atoms with Gasteiger partial charge in [0.25, 0.3) is 11.8 Å². The molecule has 0 radical (unpaired) electrons. The average molecular weight is 1800 g/mol. The summed E-state index contributed by atoms with van der Waals surface area (Å²) >= 11 is 14.7. The third-order valence-electron chi connectivity index (χ3n) is 26.3. The van der Waals surface area contributed by atoms with Crippen LogP contribution in [0.15, 0.2) is 97.1 Å². The Morgan fingerprint density at radius 1 is 0.384 bits per heavy atom. The van der Waals surface area contributed by atoms with Gasteiger partial charge in [-0.25, -0.2) is 19.4 Å². The molecule has 14 amide bonds. The molecule has 0 spiro atoms. The highest BCUT2D eigenvalue weighted by molar-refractivity contribution is 8.15. The molecule has 0 bridgehead atoms. The minimum absolute atomic E-state index is 0.130. The minimum Gasteiger partial charge on any atom is -0.448 e. The zero-order valence-electron chi connectivity index (χ0n) is 74.7. The van der Waals surface area contributed by atoms with Crippen molar-refractivity contribution in [3.8, 4) is 22.3 Å². The fourth-order valence-corrected chi connectivity index (χ4v) is 31.4. The lowest BCUT2D eigenvalue weighted by atomic mass is 9.98. The van der Waals surface area contributed by atoms with Crippen molar-refractivity contribution in [1.29, 1.82) is 0 Å². The monoisotopic (exact) mass is 1800 g/mol. The maximum Gasteiger partial charge on any atom is 0.417 e. The topological polar surface area (TPSA) is 398 Å². The fraction of sp³-hybridized carbons (Fsp3) is 0.591. The predicted molar refractivity (Wildman–Crippen MR) is 489 cm³/mol. The summed E-state index contributed by atoms with van der Waals surface area (Å²) in [5.41, 5.74) is 8.36. The number of hydrogen-bond donors (Lipinski definition) is 10. The zero-order valence-corrected chi connectivity index (χ0v) is 78.1. The van der Waals surface area contributed by atoms with Crippen LogP contribution in [0.1, 0.15) is 253 Å². The van der Waals surface area contributed by atoms with Gasteiger partial charge < -0.3 is 63.1 Å². The number of amides is 14. The van der Waals surface area contributed by atoms with Gasteiger partial charge >= 0.3 is 12.2 Å². The van der Waals surface area contributed by atoms with E-state index < -0.39 is 185 Å². The first-order chi connectivity index (χ1) is 59.2. The SMILES string of the molecule is CC(=O)N[C@@H](C)C(=O)NC(C)(C)C(=O)N[C@@H](C)C(=O)N[C@H](C(=O)N[C@@H](C)C(=O)N[C@@H](C)C(=O)N(C(=O)OCC1c2ccccc2-c2ccccc21)[C@@H](CP(=S)(C1CCCCC1)C1CCCCC1)C(=O)N(C(=O)OCC1c2ccccc2-c2ccccc21)[C@@H](CP(=S)(C1CCCCC1)C1CCCCC1)C(=O)N[C@@H](C)C(=O)NC(C)(C)C(=O)N[C@@H](C)C(N)=O)C(C)C. The van der Waals surface area contributed by atoms with Crippen molar-refractivity contribution in [2.45, 2.75) is 318 Å². The number of benzene rings is 4. The summed E-state index contributed by atoms with van der Waals surface area (Å²) in [6.07, 6.45) is 12.4. The molecule has 4 saturated carbocycles. The van der Waals surface area contributed by atoms with Crippen LogP contribution in [0.25, 0.3) is 22.3 Å². The van der Waals surface area contributed by atoms with Crippen LogP contribution in [0.4, 0.5) is 9.59 Å². The van der Waals surface area contributed by atoms with Gasteiger partial charge in [-0.1, -0.05) is 212 Å². The minimum atomic E-state index is -3.19. The van der Waals surface area contributed by atoms with E-state index in [2.05, 4.69) is 47.9 Å². The molecule has 0 aromatic heterocycles. The molecule has 4 aromatic carbocycles. The van der Waals surface area contributed by atoms with E-state index in [9.17, 15) is 38.4 Å². The number of nitrogens with one attached hydrogen (secondary N) is 9. The van der Waals surface area contributed by atoms with E-state index in [0.29, 0.717) is 56.3 Å². The highest BCUT2D eigenvalue weighted by Gasteiger charge is 2.54. The second-order valence-electron chi connectivity index (χ2n) is 36.7. The van der Waals surface area contributed by atoms with Gasteiger partial charge in [-0.2, -0.15) is 0 Å². The van der Waals surface area contributed by atoms with Crippen LogP contribution in [0.3, 0.4) is 0 Å². The Kier molecular flexibility index (Phi) is 33.7. The van der Waals surface area contributed by atoms with E-state index in [1.165, 1.54) is 76.2 Å². The highest BCUT2D eigenvalue weighted by Crippen LogP contribution is 2.66. The van der Waals surface area contributed by atoms with Crippen LogP contribution in [-0.4, -0.2) is 207 Å². The summed E-state index contributed by atoms with van der Waals surface area (Å²) in [4.78, 5) is 210. The van der Waals surface area contributed by atoms with Gasteiger partial charge in [-0.05, 0) is 206 Å². The van der Waals surface area contributed by atoms with Crippen LogP contribution in [0, 0.1) is 5.92 Å². The van der Waals surface area contributed by atoms with Crippen molar-refractivity contribution >= 4 is 119 Å². The molecule has 28 nitrogen and oxygen atoms in total. The Labute approximate surface area is 745 Å². The molecule has 0 heterocycles. The number of nitrogens with zero attached hydrogens (tertiary/aromatic N) is 2. The number of hydrogen-bond acceptors (Lipinski definition) is 18. The molecule has 0 unspecified atom stereocenters. The number of imide groups is 2. The molecule has 0 saturated heterocycles. The van der Waals surface area contributed by atoms with E-state index in [-0.39, 0.29) is 41.6 Å². The molecular formula is C93H130N12O16P2S2. The van der Waals surface area contributed by atoms with E-state index in [1.54, 1.807) is 13.8 Å². The number of carbonyl (C=O) groups is 14. The average Bonchev–Trinajstić information content (AvgIpc) is 1.75. The molecule has 9 atom stereocenters. The summed E-state index contributed by atoms with van der Waals surface area (Å²) < 4.78 is 13.4. The van der Waals surface area contributed by atoms with E-state index in [4.69, 9.17) is 38.8 Å². The summed E-state index contributed by atoms with van der Waals surface area (Å²) in [7, 11) is 0. The number of rotatable bonds is 35. The van der Waals surface area contributed by atoms with Crippen LogP contribution in [0.2, 0.25) is 0 Å². The van der Waals surface area contributed by atoms with Crippen molar-refractivity contribution in [2.24, 2.45) is 11.7 Å². The van der Waals surface area contributed by atoms with Gasteiger partial charge in [0.15, 0.2) is 0 Å². The third-order valence-corrected chi connectivity index (χ3v) is 39.6. The smallest absolute Gasteiger partial charge is 0.417 e. The third kappa shape index (κ3) is 23.6. The van der Waals surface area contributed by atoms with Crippen molar-refractivity contribution in [3.05, 3.63) is 119 Å². The first-order valence-corrected chi connectivity index (χ1v) is 51.0. The van der Waals surface area contributed by atoms with Crippen molar-refractivity contribution in [2.75, 3.05) is 25.5 Å². The second kappa shape index (κ2) is 43.0. The molecule has 6 aliphatic carbocycles. The summed E-state index contributed by atoms with van der Waals surface area (Å²) in [6.45, 7) is 17.6. The number of nitrogens with two attached hydrogens (primary N) is 1. The lowest BCUT2D eigenvalue weighted by Gasteiger charge is -2.46. The molecule has 125 heavy (non-hydrogen) atoms. The molecular weight excluding hydrogens is 1670 g/mol. The zero-order chi connectivity index (χ0) is 91.2. The van der Waals surface area contributed by atoms with E-state index in [1.807, 2.05) is 97.1 Å². The van der Waals surface area contributed by atoms with Gasteiger partial charge in [-0.3, -0.25) is 57.5 Å². The molecule has 32 heteroatoms. The van der Waals surface area contributed by atoms with Crippen molar-refractivity contribution in [3.63, 3.8) is 0 Å². The fourth-order valence-electron chi connectivity index (χ4n) is 19.0. The Hall–Kier alpha value is -9.24. The van der Waals surface area contributed by atoms with Crippen LogP contribution in [0.5, 0.6) is 0 Å². The number of carbonyl (C=O) groups excluding carboxylic acids is 14. The molecule has 11 N–H and O–H groups in total. The van der Waals surface area contributed by atoms with Crippen LogP contribution < -0.4 is 53.6 Å². The molecule has 4 fully saturated rings. The van der Waals surface area contributed by atoms with E-state index in [0.717, 1.165) is 126 Å². The Bertz CT molecular complexity index is 4630.